The highest BCUT2D eigenvalue weighted by Gasteiger charge is 2.19. The van der Waals surface area contributed by atoms with E-state index in [0.29, 0.717) is 5.82 Å². The first-order valence-corrected chi connectivity index (χ1v) is 21.7. The van der Waals surface area contributed by atoms with Crippen LogP contribution in [0.2, 0.25) is 0 Å². The van der Waals surface area contributed by atoms with E-state index in [2.05, 4.69) is 182 Å². The van der Waals surface area contributed by atoms with Gasteiger partial charge in [0.05, 0.1) is 27.3 Å². The summed E-state index contributed by atoms with van der Waals surface area (Å²) in [6.45, 7) is 0. The Morgan fingerprint density at radius 2 is 0.883 bits per heavy atom. The molecule has 0 fully saturated rings. The molecule has 12 rings (SSSR count). The Bertz CT molecular complexity index is 3590. The molecule has 5 heteroatoms. The maximum atomic E-state index is 5.46. The summed E-state index contributed by atoms with van der Waals surface area (Å²) >= 11 is 3.64. The molecule has 0 saturated carbocycles. The summed E-state index contributed by atoms with van der Waals surface area (Å²) < 4.78 is 4.94. The topological polar surface area (TPSA) is 38.7 Å². The molecule has 60 heavy (non-hydrogen) atoms. The second kappa shape index (κ2) is 14.2. The van der Waals surface area contributed by atoms with Gasteiger partial charge in [0.2, 0.25) is 0 Å². The molecule has 0 unspecified atom stereocenters. The van der Waals surface area contributed by atoms with Gasteiger partial charge in [0.1, 0.15) is 0 Å². The Labute approximate surface area is 354 Å². The maximum Gasteiger partial charge on any atom is 0.160 e. The van der Waals surface area contributed by atoms with Crippen LogP contribution in [0.25, 0.3) is 119 Å². The van der Waals surface area contributed by atoms with Gasteiger partial charge in [0.15, 0.2) is 5.82 Å². The van der Waals surface area contributed by atoms with E-state index in [9.17, 15) is 0 Å². The first-order valence-electron chi connectivity index (χ1n) is 20.1. The van der Waals surface area contributed by atoms with Crippen molar-refractivity contribution in [1.82, 2.24) is 15.0 Å². The number of pyridine rings is 1. The number of hydrogen-bond acceptors (Lipinski definition) is 5. The van der Waals surface area contributed by atoms with Gasteiger partial charge >= 0.3 is 0 Å². The van der Waals surface area contributed by atoms with E-state index < -0.39 is 0 Å². The van der Waals surface area contributed by atoms with E-state index in [1.165, 1.54) is 62.6 Å². The number of fused-ring (bicyclic) bond motifs is 8. The predicted molar refractivity (Wildman–Crippen MR) is 256 cm³/mol. The molecular weight excluding hydrogens is 767 g/mol. The summed E-state index contributed by atoms with van der Waals surface area (Å²) in [4.78, 5) is 15.9. The van der Waals surface area contributed by atoms with Crippen LogP contribution in [-0.2, 0) is 0 Å². The van der Waals surface area contributed by atoms with E-state index in [1.54, 1.807) is 0 Å². The van der Waals surface area contributed by atoms with Crippen molar-refractivity contribution in [2.75, 3.05) is 0 Å². The molecular formula is C55H33N3S2. The minimum Gasteiger partial charge on any atom is -0.246 e. The van der Waals surface area contributed by atoms with E-state index in [1.807, 2.05) is 40.9 Å². The predicted octanol–water partition coefficient (Wildman–Crippen LogP) is 15.8. The third-order valence-corrected chi connectivity index (χ3v) is 13.9. The second-order valence-corrected chi connectivity index (χ2v) is 17.2. The molecule has 0 amide bonds. The molecule has 0 spiro atoms. The fourth-order valence-electron chi connectivity index (χ4n) is 8.57. The van der Waals surface area contributed by atoms with Gasteiger partial charge in [-0.05, 0) is 58.7 Å². The Hall–Kier alpha value is -7.31. The van der Waals surface area contributed by atoms with Gasteiger partial charge in [-0.15, -0.1) is 22.7 Å². The summed E-state index contributed by atoms with van der Waals surface area (Å²) in [5, 5.41) is 6.18. The van der Waals surface area contributed by atoms with Gasteiger partial charge in [-0.3, -0.25) is 0 Å². The highest BCUT2D eigenvalue weighted by Crippen LogP contribution is 2.45. The fraction of sp³-hybridized carbons (Fsp3) is 0. The van der Waals surface area contributed by atoms with Crippen molar-refractivity contribution in [3.05, 3.63) is 200 Å². The molecule has 0 N–H and O–H groups in total. The van der Waals surface area contributed by atoms with Gasteiger partial charge < -0.3 is 0 Å². The summed E-state index contributed by atoms with van der Waals surface area (Å²) in [6.07, 6.45) is 0. The molecule has 12 aromatic rings. The zero-order chi connectivity index (χ0) is 39.6. The van der Waals surface area contributed by atoms with Crippen LogP contribution in [0.15, 0.2) is 200 Å². The van der Waals surface area contributed by atoms with E-state index in [0.717, 1.165) is 50.2 Å². The summed E-state index contributed by atoms with van der Waals surface area (Å²) in [7, 11) is 0. The van der Waals surface area contributed by atoms with Gasteiger partial charge in [-0.2, -0.15) is 0 Å². The molecule has 0 bridgehead atoms. The summed E-state index contributed by atoms with van der Waals surface area (Å²) in [6, 6.07) is 71.3. The zero-order valence-corrected chi connectivity index (χ0v) is 33.8. The second-order valence-electron chi connectivity index (χ2n) is 15.1. The largest absolute Gasteiger partial charge is 0.246 e. The van der Waals surface area contributed by atoms with Gasteiger partial charge in [-0.25, -0.2) is 15.0 Å². The molecule has 0 radical (unpaired) electrons. The van der Waals surface area contributed by atoms with Crippen LogP contribution < -0.4 is 0 Å². The average molecular weight is 800 g/mol. The molecule has 3 nitrogen and oxygen atoms in total. The summed E-state index contributed by atoms with van der Waals surface area (Å²) in [5.74, 6) is 0.702. The molecule has 0 aliphatic rings. The van der Waals surface area contributed by atoms with E-state index >= 15 is 0 Å². The Balaban J connectivity index is 1.01. The first-order chi connectivity index (χ1) is 29.7. The lowest BCUT2D eigenvalue weighted by atomic mass is 9.97. The molecule has 4 aromatic heterocycles. The lowest BCUT2D eigenvalue weighted by Gasteiger charge is -2.12. The quantitative estimate of drug-likeness (QED) is 0.168. The number of aromatic nitrogens is 3. The zero-order valence-electron chi connectivity index (χ0n) is 32.2. The lowest BCUT2D eigenvalue weighted by Crippen LogP contribution is -1.96. The van der Waals surface area contributed by atoms with Crippen molar-refractivity contribution >= 4 is 73.9 Å². The minimum atomic E-state index is 0.702. The van der Waals surface area contributed by atoms with Crippen molar-refractivity contribution < 1.29 is 0 Å². The molecule has 4 heterocycles. The molecule has 0 aliphatic heterocycles. The van der Waals surface area contributed by atoms with E-state index in [4.69, 9.17) is 15.0 Å². The molecule has 0 aliphatic carbocycles. The van der Waals surface area contributed by atoms with Crippen molar-refractivity contribution in [1.29, 1.82) is 0 Å². The van der Waals surface area contributed by atoms with Crippen LogP contribution in [0, 0.1) is 0 Å². The van der Waals surface area contributed by atoms with Crippen molar-refractivity contribution in [2.45, 2.75) is 0 Å². The number of rotatable bonds is 6. The standard InChI is InChI=1S/C55H33N3S2/c1-3-13-34(14-4-1)35-25-27-36(28-26-35)38-29-30-46-45(32-38)51-44-20-8-10-24-50(44)60-54(51)52(56-46)40-18-11-17-39(31-40)47-33-48(58-55(57-47)37-15-5-2-6-16-37)43-22-12-21-42-41-19-7-9-23-49(41)59-53(42)43/h1-33H. The van der Waals surface area contributed by atoms with Crippen LogP contribution in [-0.4, -0.2) is 15.0 Å². The van der Waals surface area contributed by atoms with Crippen LogP contribution in [0.1, 0.15) is 0 Å². The Morgan fingerprint density at radius 1 is 0.317 bits per heavy atom. The highest BCUT2D eigenvalue weighted by molar-refractivity contribution is 7.26. The van der Waals surface area contributed by atoms with Crippen molar-refractivity contribution in [3.8, 4) is 67.4 Å². The monoisotopic (exact) mass is 799 g/mol. The van der Waals surface area contributed by atoms with Gasteiger partial charge in [-0.1, -0.05) is 164 Å². The number of nitrogens with zero attached hydrogens (tertiary/aromatic N) is 3. The average Bonchev–Trinajstić information content (AvgIpc) is 3.91. The SMILES string of the molecule is c1ccc(-c2ccc(-c3ccc4nc(-c5cccc(-c6cc(-c7cccc8c7sc7ccccc78)nc(-c7ccccc7)n6)c5)c5sc6ccccc6c5c4c3)cc2)cc1. The third kappa shape index (κ3) is 5.90. The molecule has 280 valence electrons. The highest BCUT2D eigenvalue weighted by atomic mass is 32.1. The first kappa shape index (κ1) is 34.7. The minimum absolute atomic E-state index is 0.702. The van der Waals surface area contributed by atoms with Crippen LogP contribution >= 0.6 is 22.7 Å². The molecule has 0 saturated heterocycles. The summed E-state index contributed by atoms with van der Waals surface area (Å²) in [5.41, 5.74) is 12.7. The molecule has 0 atom stereocenters. The number of hydrogen-bond donors (Lipinski definition) is 0. The Morgan fingerprint density at radius 3 is 1.68 bits per heavy atom. The smallest absolute Gasteiger partial charge is 0.160 e. The third-order valence-electron chi connectivity index (χ3n) is 11.5. The van der Waals surface area contributed by atoms with Gasteiger partial charge in [0.25, 0.3) is 0 Å². The van der Waals surface area contributed by atoms with Gasteiger partial charge in [0, 0.05) is 63.3 Å². The lowest BCUT2D eigenvalue weighted by molar-refractivity contribution is 1.19. The number of benzene rings is 8. The van der Waals surface area contributed by atoms with Crippen molar-refractivity contribution in [2.24, 2.45) is 0 Å². The van der Waals surface area contributed by atoms with Crippen LogP contribution in [0.5, 0.6) is 0 Å². The molecule has 8 aromatic carbocycles. The van der Waals surface area contributed by atoms with E-state index in [-0.39, 0.29) is 0 Å². The van der Waals surface area contributed by atoms with Crippen LogP contribution in [0.3, 0.4) is 0 Å². The fourth-order valence-corrected chi connectivity index (χ4v) is 11.0. The normalized spacial score (nSPS) is 11.7. The maximum absolute atomic E-state index is 5.46. The Kier molecular flexibility index (Phi) is 8.22. The number of thiophene rings is 2. The van der Waals surface area contributed by atoms with Crippen LogP contribution in [0.4, 0.5) is 0 Å². The van der Waals surface area contributed by atoms with Crippen molar-refractivity contribution in [3.63, 3.8) is 0 Å².